The Hall–Kier alpha value is -4.05. The Kier molecular flexibility index (Phi) is 4.99. The molecule has 4 rings (SSSR count). The largest absolute Gasteiger partial charge is 0.378 e. The maximum absolute atomic E-state index is 12.7. The van der Waals surface area contributed by atoms with Crippen molar-refractivity contribution < 1.29 is 9.42 Å². The Bertz CT molecular complexity index is 1190. The summed E-state index contributed by atoms with van der Waals surface area (Å²) in [6.07, 6.45) is 1.47. The fourth-order valence-electron chi connectivity index (χ4n) is 2.58. The van der Waals surface area contributed by atoms with Gasteiger partial charge in [0, 0.05) is 10.6 Å². The lowest BCUT2D eigenvalue weighted by Gasteiger charge is -2.05. The topological polar surface area (TPSA) is 137 Å². The van der Waals surface area contributed by atoms with Gasteiger partial charge in [-0.05, 0) is 28.0 Å². The van der Waals surface area contributed by atoms with Crippen molar-refractivity contribution in [1.29, 1.82) is 0 Å². The third-order valence-electron chi connectivity index (χ3n) is 3.86. The monoisotopic (exact) mass is 408 g/mol. The van der Waals surface area contributed by atoms with Gasteiger partial charge in [-0.3, -0.25) is 4.79 Å². The van der Waals surface area contributed by atoms with Crippen LogP contribution in [0, 0.1) is 0 Å². The minimum Gasteiger partial charge on any atom is -0.378 e. The smallest absolute Gasteiger partial charge is 0.294 e. The molecule has 0 aliphatic heterocycles. The SMILES string of the molecule is Nc1nonc1-n1nnc(C(=O)N/N=C\c2cccc(Cl)c2)c1-c1ccccc1. The highest BCUT2D eigenvalue weighted by Gasteiger charge is 2.24. The van der Waals surface area contributed by atoms with Crippen molar-refractivity contribution in [3.63, 3.8) is 0 Å². The van der Waals surface area contributed by atoms with Gasteiger partial charge in [0.1, 0.15) is 5.69 Å². The van der Waals surface area contributed by atoms with Gasteiger partial charge in [0.15, 0.2) is 5.69 Å². The molecule has 144 valence electrons. The number of aromatic nitrogens is 5. The second kappa shape index (κ2) is 7.90. The molecule has 29 heavy (non-hydrogen) atoms. The van der Waals surface area contributed by atoms with E-state index in [0.717, 1.165) is 5.56 Å². The summed E-state index contributed by atoms with van der Waals surface area (Å²) in [4.78, 5) is 12.7. The summed E-state index contributed by atoms with van der Waals surface area (Å²) in [5, 5.41) is 19.7. The van der Waals surface area contributed by atoms with Crippen molar-refractivity contribution in [3.8, 4) is 17.1 Å². The Labute approximate surface area is 168 Å². The van der Waals surface area contributed by atoms with E-state index in [4.69, 9.17) is 17.3 Å². The average Bonchev–Trinajstić information content (AvgIpc) is 3.34. The first kappa shape index (κ1) is 18.3. The van der Waals surface area contributed by atoms with E-state index >= 15 is 0 Å². The summed E-state index contributed by atoms with van der Waals surface area (Å²) in [5.74, 6) is -0.431. The number of anilines is 1. The van der Waals surface area contributed by atoms with Crippen LogP contribution in [-0.2, 0) is 0 Å². The lowest BCUT2D eigenvalue weighted by molar-refractivity contribution is 0.0950. The zero-order valence-corrected chi connectivity index (χ0v) is 15.5. The van der Waals surface area contributed by atoms with Gasteiger partial charge in [0.05, 0.1) is 6.21 Å². The molecule has 0 unspecified atom stereocenters. The number of rotatable bonds is 5. The number of halogens is 1. The summed E-state index contributed by atoms with van der Waals surface area (Å²) in [6, 6.07) is 16.1. The molecular formula is C18H13ClN8O2. The first-order chi connectivity index (χ1) is 14.1. The van der Waals surface area contributed by atoms with Crippen LogP contribution in [0.2, 0.25) is 5.02 Å². The van der Waals surface area contributed by atoms with E-state index in [9.17, 15) is 4.79 Å². The molecule has 2 aromatic carbocycles. The number of carbonyl (C=O) groups is 1. The minimum atomic E-state index is -0.566. The molecule has 10 nitrogen and oxygen atoms in total. The first-order valence-corrected chi connectivity index (χ1v) is 8.70. The zero-order chi connectivity index (χ0) is 20.2. The van der Waals surface area contributed by atoms with Crippen LogP contribution in [0.1, 0.15) is 16.1 Å². The van der Waals surface area contributed by atoms with Gasteiger partial charge in [0.2, 0.25) is 11.6 Å². The zero-order valence-electron chi connectivity index (χ0n) is 14.7. The number of amides is 1. The minimum absolute atomic E-state index is 0.0121. The highest BCUT2D eigenvalue weighted by molar-refractivity contribution is 6.30. The van der Waals surface area contributed by atoms with Crippen LogP contribution in [0.4, 0.5) is 5.82 Å². The Balaban J connectivity index is 1.67. The van der Waals surface area contributed by atoms with Crippen LogP contribution in [-0.4, -0.2) is 37.4 Å². The Morgan fingerprint density at radius 3 is 2.72 bits per heavy atom. The summed E-state index contributed by atoms with van der Waals surface area (Å²) in [6.45, 7) is 0. The van der Waals surface area contributed by atoms with Gasteiger partial charge in [-0.1, -0.05) is 59.3 Å². The molecule has 2 aromatic heterocycles. The second-order valence-corrected chi connectivity index (χ2v) is 6.23. The van der Waals surface area contributed by atoms with Crippen LogP contribution < -0.4 is 11.2 Å². The number of hydrogen-bond donors (Lipinski definition) is 2. The normalized spacial score (nSPS) is 11.1. The summed E-state index contributed by atoms with van der Waals surface area (Å²) >= 11 is 5.94. The lowest BCUT2D eigenvalue weighted by atomic mass is 10.1. The van der Waals surface area contributed by atoms with Crippen LogP contribution in [0.25, 0.3) is 17.1 Å². The van der Waals surface area contributed by atoms with Crippen LogP contribution in [0.3, 0.4) is 0 Å². The van der Waals surface area contributed by atoms with Crippen molar-refractivity contribution >= 4 is 29.5 Å². The quantitative estimate of drug-likeness (QED) is 0.381. The van der Waals surface area contributed by atoms with Gasteiger partial charge < -0.3 is 5.73 Å². The van der Waals surface area contributed by atoms with Gasteiger partial charge in [-0.15, -0.1) is 5.10 Å². The highest BCUT2D eigenvalue weighted by atomic mass is 35.5. The molecule has 3 N–H and O–H groups in total. The molecule has 0 atom stereocenters. The van der Waals surface area contributed by atoms with E-state index in [-0.39, 0.29) is 17.3 Å². The fourth-order valence-corrected chi connectivity index (χ4v) is 2.78. The van der Waals surface area contributed by atoms with Gasteiger partial charge >= 0.3 is 0 Å². The lowest BCUT2D eigenvalue weighted by Crippen LogP contribution is -2.19. The first-order valence-electron chi connectivity index (χ1n) is 8.32. The third kappa shape index (κ3) is 3.82. The van der Waals surface area contributed by atoms with Crippen molar-refractivity contribution in [2.24, 2.45) is 5.10 Å². The predicted octanol–water partition coefficient (Wildman–Crippen LogP) is 2.32. The maximum atomic E-state index is 12.7. The summed E-state index contributed by atoms with van der Waals surface area (Å²) in [5.41, 5.74) is 9.99. The van der Waals surface area contributed by atoms with Crippen molar-refractivity contribution in [3.05, 3.63) is 70.9 Å². The summed E-state index contributed by atoms with van der Waals surface area (Å²) < 4.78 is 5.92. The number of nitrogens with two attached hydrogens (primary N) is 1. The van der Waals surface area contributed by atoms with Gasteiger partial charge in [0.25, 0.3) is 5.91 Å². The molecule has 0 fully saturated rings. The van der Waals surface area contributed by atoms with E-state index in [1.807, 2.05) is 18.2 Å². The average molecular weight is 409 g/mol. The molecule has 11 heteroatoms. The Morgan fingerprint density at radius 1 is 1.17 bits per heavy atom. The molecule has 0 aliphatic rings. The number of hydrogen-bond acceptors (Lipinski definition) is 8. The van der Waals surface area contributed by atoms with E-state index in [0.29, 0.717) is 16.3 Å². The molecule has 1 amide bonds. The highest BCUT2D eigenvalue weighted by Crippen LogP contribution is 2.26. The van der Waals surface area contributed by atoms with Crippen molar-refractivity contribution in [1.82, 2.24) is 30.7 Å². The molecule has 2 heterocycles. The van der Waals surface area contributed by atoms with Crippen molar-refractivity contribution in [2.45, 2.75) is 0 Å². The third-order valence-corrected chi connectivity index (χ3v) is 4.09. The van der Waals surface area contributed by atoms with Crippen LogP contribution >= 0.6 is 11.6 Å². The number of nitrogens with one attached hydrogen (secondary N) is 1. The van der Waals surface area contributed by atoms with E-state index in [1.165, 1.54) is 10.9 Å². The predicted molar refractivity (Wildman–Crippen MR) is 106 cm³/mol. The van der Waals surface area contributed by atoms with E-state index in [2.05, 4.69) is 35.8 Å². The summed E-state index contributed by atoms with van der Waals surface area (Å²) in [7, 11) is 0. The molecule has 0 saturated carbocycles. The fraction of sp³-hybridized carbons (Fsp3) is 0. The number of nitrogen functional groups attached to an aromatic ring is 1. The maximum Gasteiger partial charge on any atom is 0.294 e. The molecule has 0 saturated heterocycles. The molecule has 0 bridgehead atoms. The van der Waals surface area contributed by atoms with E-state index in [1.54, 1.807) is 36.4 Å². The van der Waals surface area contributed by atoms with Gasteiger partial charge in [-0.2, -0.15) is 9.78 Å². The number of benzene rings is 2. The Morgan fingerprint density at radius 2 is 2.00 bits per heavy atom. The number of hydrazone groups is 1. The molecule has 0 spiro atoms. The molecular weight excluding hydrogens is 396 g/mol. The number of carbonyl (C=O) groups excluding carboxylic acids is 1. The number of nitrogens with zero attached hydrogens (tertiary/aromatic N) is 6. The van der Waals surface area contributed by atoms with Crippen molar-refractivity contribution in [2.75, 3.05) is 5.73 Å². The van der Waals surface area contributed by atoms with Crippen LogP contribution in [0.15, 0.2) is 64.3 Å². The van der Waals surface area contributed by atoms with E-state index < -0.39 is 5.91 Å². The molecule has 0 radical (unpaired) electrons. The molecule has 0 aliphatic carbocycles. The van der Waals surface area contributed by atoms with Crippen LogP contribution in [0.5, 0.6) is 0 Å². The standard InChI is InChI=1S/C18H13ClN8O2/c19-13-8-4-5-11(9-13)10-21-23-18(28)14-15(12-6-2-1-3-7-12)27(26-22-14)17-16(20)24-29-25-17/h1-10H,(H2,20,24)(H,23,28)/b21-10-. The second-order valence-electron chi connectivity index (χ2n) is 5.79. The van der Waals surface area contributed by atoms with Gasteiger partial charge in [-0.25, -0.2) is 10.1 Å². The molecule has 4 aromatic rings.